The van der Waals surface area contributed by atoms with Gasteiger partial charge in [-0.15, -0.1) is 0 Å². The minimum Gasteiger partial charge on any atom is -0.481 e. The first-order valence-electron chi connectivity index (χ1n) is 7.86. The number of aryl methyl sites for hydroxylation is 1. The van der Waals surface area contributed by atoms with E-state index in [-0.39, 0.29) is 18.9 Å². The van der Waals surface area contributed by atoms with Gasteiger partial charge >= 0.3 is 5.97 Å². The lowest BCUT2D eigenvalue weighted by molar-refractivity contribution is -0.137. The Morgan fingerprint density at radius 2 is 1.88 bits per heavy atom. The normalized spacial score (nSPS) is 10.2. The zero-order valence-electron chi connectivity index (χ0n) is 13.9. The van der Waals surface area contributed by atoms with Crippen LogP contribution in [0, 0.1) is 6.92 Å². The van der Waals surface area contributed by atoms with Crippen molar-refractivity contribution in [2.75, 3.05) is 13.1 Å². The van der Waals surface area contributed by atoms with Crippen LogP contribution in [0.2, 0.25) is 0 Å². The Labute approximate surface area is 141 Å². The maximum atomic E-state index is 12.7. The van der Waals surface area contributed by atoms with Crippen LogP contribution in [-0.4, -0.2) is 35.0 Å². The third kappa shape index (κ3) is 4.59. The molecule has 5 nitrogen and oxygen atoms in total. The third-order valence-electron chi connectivity index (χ3n) is 3.60. The van der Waals surface area contributed by atoms with Crippen LogP contribution in [0.3, 0.4) is 0 Å². The molecular weight excluding hydrogens is 306 g/mol. The lowest BCUT2D eigenvalue weighted by Gasteiger charge is -2.21. The SMILES string of the molecule is CCN(CCC(=O)O)C(=O)c1ccccc1Oc1cccc(C)c1. The van der Waals surface area contributed by atoms with Gasteiger partial charge in [0, 0.05) is 13.1 Å². The Kier molecular flexibility index (Phi) is 5.95. The highest BCUT2D eigenvalue weighted by atomic mass is 16.5. The average Bonchev–Trinajstić information content (AvgIpc) is 2.55. The van der Waals surface area contributed by atoms with Crippen molar-refractivity contribution in [2.45, 2.75) is 20.3 Å². The number of hydrogen-bond acceptors (Lipinski definition) is 3. The largest absolute Gasteiger partial charge is 0.481 e. The van der Waals surface area contributed by atoms with Gasteiger partial charge in [0.05, 0.1) is 12.0 Å². The topological polar surface area (TPSA) is 66.8 Å². The molecule has 1 amide bonds. The highest BCUT2D eigenvalue weighted by molar-refractivity contribution is 5.97. The fourth-order valence-corrected chi connectivity index (χ4v) is 2.34. The number of aliphatic carboxylic acids is 1. The van der Waals surface area contributed by atoms with Crippen LogP contribution < -0.4 is 4.74 Å². The van der Waals surface area contributed by atoms with Crippen molar-refractivity contribution in [3.05, 3.63) is 59.7 Å². The molecular formula is C19H21NO4. The van der Waals surface area contributed by atoms with E-state index in [1.165, 1.54) is 4.90 Å². The van der Waals surface area contributed by atoms with E-state index in [4.69, 9.17) is 9.84 Å². The number of amides is 1. The first-order chi connectivity index (χ1) is 11.5. The summed E-state index contributed by atoms with van der Waals surface area (Å²) in [5.41, 5.74) is 1.49. The molecule has 1 N–H and O–H groups in total. The smallest absolute Gasteiger partial charge is 0.305 e. The molecule has 126 valence electrons. The number of carbonyl (C=O) groups is 2. The van der Waals surface area contributed by atoms with Crippen molar-refractivity contribution in [3.8, 4) is 11.5 Å². The molecule has 0 spiro atoms. The fraction of sp³-hybridized carbons (Fsp3) is 0.263. The zero-order valence-corrected chi connectivity index (χ0v) is 13.9. The molecule has 0 aromatic heterocycles. The number of hydrogen-bond donors (Lipinski definition) is 1. The van der Waals surface area contributed by atoms with Crippen LogP contribution in [0.4, 0.5) is 0 Å². The molecule has 0 unspecified atom stereocenters. The number of ether oxygens (including phenoxy) is 1. The Balaban J connectivity index is 2.23. The fourth-order valence-electron chi connectivity index (χ4n) is 2.34. The molecule has 0 atom stereocenters. The summed E-state index contributed by atoms with van der Waals surface area (Å²) in [6, 6.07) is 14.6. The Morgan fingerprint density at radius 1 is 1.12 bits per heavy atom. The van der Waals surface area contributed by atoms with Gasteiger partial charge in [0.2, 0.25) is 0 Å². The second-order valence-corrected chi connectivity index (χ2v) is 5.44. The molecule has 2 rings (SSSR count). The van der Waals surface area contributed by atoms with Crippen LogP contribution >= 0.6 is 0 Å². The van der Waals surface area contributed by atoms with Crippen molar-refractivity contribution in [1.29, 1.82) is 0 Å². The molecule has 0 saturated carbocycles. The molecule has 0 radical (unpaired) electrons. The summed E-state index contributed by atoms with van der Waals surface area (Å²) in [5.74, 6) is -0.0433. The van der Waals surface area contributed by atoms with Gasteiger partial charge in [-0.2, -0.15) is 0 Å². The van der Waals surface area contributed by atoms with Crippen molar-refractivity contribution in [3.63, 3.8) is 0 Å². The summed E-state index contributed by atoms with van der Waals surface area (Å²) in [6.07, 6.45) is -0.0829. The van der Waals surface area contributed by atoms with Crippen molar-refractivity contribution in [2.24, 2.45) is 0 Å². The highest BCUT2D eigenvalue weighted by Gasteiger charge is 2.19. The number of nitrogens with zero attached hydrogens (tertiary/aromatic N) is 1. The van der Waals surface area contributed by atoms with E-state index in [9.17, 15) is 9.59 Å². The minimum atomic E-state index is -0.925. The number of para-hydroxylation sites is 1. The van der Waals surface area contributed by atoms with E-state index in [0.717, 1.165) is 5.56 Å². The predicted molar refractivity (Wildman–Crippen MR) is 91.5 cm³/mol. The van der Waals surface area contributed by atoms with Crippen molar-refractivity contribution < 1.29 is 19.4 Å². The Morgan fingerprint density at radius 3 is 2.54 bits per heavy atom. The van der Waals surface area contributed by atoms with Gasteiger partial charge in [0.1, 0.15) is 11.5 Å². The second-order valence-electron chi connectivity index (χ2n) is 5.44. The quantitative estimate of drug-likeness (QED) is 0.841. The van der Waals surface area contributed by atoms with E-state index in [2.05, 4.69) is 0 Å². The standard InChI is InChI=1S/C19H21NO4/c1-3-20(12-11-18(21)22)19(23)16-9-4-5-10-17(16)24-15-8-6-7-14(2)13-15/h4-10,13H,3,11-12H2,1-2H3,(H,21,22). The van der Waals surface area contributed by atoms with Crippen LogP contribution in [0.15, 0.2) is 48.5 Å². The number of carbonyl (C=O) groups excluding carboxylic acids is 1. The van der Waals surface area contributed by atoms with Gasteiger partial charge in [-0.05, 0) is 43.7 Å². The predicted octanol–water partition coefficient (Wildman–Crippen LogP) is 3.72. The molecule has 0 bridgehead atoms. The van der Waals surface area contributed by atoms with E-state index < -0.39 is 5.97 Å². The number of carboxylic acid groups (broad SMARTS) is 1. The van der Waals surface area contributed by atoms with Crippen molar-refractivity contribution >= 4 is 11.9 Å². The number of carboxylic acids is 1. The van der Waals surface area contributed by atoms with Crippen LogP contribution in [0.25, 0.3) is 0 Å². The van der Waals surface area contributed by atoms with E-state index in [1.54, 1.807) is 24.3 Å². The molecule has 5 heteroatoms. The van der Waals surface area contributed by atoms with Crippen LogP contribution in [-0.2, 0) is 4.79 Å². The summed E-state index contributed by atoms with van der Waals surface area (Å²) in [4.78, 5) is 25.0. The Hall–Kier alpha value is -2.82. The Bertz CT molecular complexity index is 727. The summed E-state index contributed by atoms with van der Waals surface area (Å²) in [6.45, 7) is 4.40. The van der Waals surface area contributed by atoms with E-state index >= 15 is 0 Å². The highest BCUT2D eigenvalue weighted by Crippen LogP contribution is 2.26. The minimum absolute atomic E-state index is 0.0829. The molecule has 0 aliphatic carbocycles. The molecule has 2 aromatic rings. The monoisotopic (exact) mass is 327 g/mol. The molecule has 0 saturated heterocycles. The summed E-state index contributed by atoms with van der Waals surface area (Å²) in [5, 5.41) is 8.82. The molecule has 0 aliphatic heterocycles. The maximum absolute atomic E-state index is 12.7. The van der Waals surface area contributed by atoms with Gasteiger partial charge < -0.3 is 14.7 Å². The molecule has 0 aliphatic rings. The first-order valence-corrected chi connectivity index (χ1v) is 7.86. The summed E-state index contributed by atoms with van der Waals surface area (Å²) in [7, 11) is 0. The van der Waals surface area contributed by atoms with Crippen LogP contribution in [0.5, 0.6) is 11.5 Å². The van der Waals surface area contributed by atoms with Gasteiger partial charge in [-0.25, -0.2) is 0 Å². The van der Waals surface area contributed by atoms with Gasteiger partial charge in [0.15, 0.2) is 0 Å². The molecule has 2 aromatic carbocycles. The van der Waals surface area contributed by atoms with Gasteiger partial charge in [-0.1, -0.05) is 24.3 Å². The van der Waals surface area contributed by atoms with Crippen LogP contribution in [0.1, 0.15) is 29.3 Å². The third-order valence-corrected chi connectivity index (χ3v) is 3.60. The molecule has 24 heavy (non-hydrogen) atoms. The molecule has 0 heterocycles. The number of benzene rings is 2. The lowest BCUT2D eigenvalue weighted by atomic mass is 10.1. The summed E-state index contributed by atoms with van der Waals surface area (Å²) >= 11 is 0. The van der Waals surface area contributed by atoms with E-state index in [1.807, 2.05) is 38.1 Å². The first kappa shape index (κ1) is 17.5. The second kappa shape index (κ2) is 8.15. The van der Waals surface area contributed by atoms with Gasteiger partial charge in [-0.3, -0.25) is 9.59 Å². The summed E-state index contributed by atoms with van der Waals surface area (Å²) < 4.78 is 5.87. The van der Waals surface area contributed by atoms with E-state index in [0.29, 0.717) is 23.6 Å². The number of rotatable bonds is 7. The lowest BCUT2D eigenvalue weighted by Crippen LogP contribution is -2.33. The molecule has 0 fully saturated rings. The average molecular weight is 327 g/mol. The van der Waals surface area contributed by atoms with Crippen molar-refractivity contribution in [1.82, 2.24) is 4.90 Å². The zero-order chi connectivity index (χ0) is 17.5. The maximum Gasteiger partial charge on any atom is 0.305 e. The van der Waals surface area contributed by atoms with Gasteiger partial charge in [0.25, 0.3) is 5.91 Å².